The Hall–Kier alpha value is -1.59. The molecule has 0 aromatic rings. The molecule has 19 heavy (non-hydrogen) atoms. The van der Waals surface area contributed by atoms with Crippen LogP contribution in [-0.4, -0.2) is 50.1 Å². The maximum atomic E-state index is 11.9. The Labute approximate surface area is 114 Å². The van der Waals surface area contributed by atoms with Crippen molar-refractivity contribution in [1.29, 1.82) is 0 Å². The highest BCUT2D eigenvalue weighted by atomic mass is 16.5. The second kappa shape index (κ2) is 10.3. The van der Waals surface area contributed by atoms with E-state index in [2.05, 4.69) is 16.4 Å². The molecule has 0 saturated carbocycles. The third kappa shape index (κ3) is 8.18. The SMILES string of the molecule is CCCCCCC(=O)N(CC(=O)OC)CC(=O)OC. The van der Waals surface area contributed by atoms with E-state index in [1.807, 2.05) is 0 Å². The number of methoxy groups -OCH3 is 2. The first-order valence-corrected chi connectivity index (χ1v) is 6.46. The van der Waals surface area contributed by atoms with Crippen LogP contribution in [0.1, 0.15) is 39.0 Å². The van der Waals surface area contributed by atoms with Gasteiger partial charge in [0.15, 0.2) is 0 Å². The van der Waals surface area contributed by atoms with Crippen LogP contribution in [0.5, 0.6) is 0 Å². The molecule has 0 N–H and O–H groups in total. The first-order chi connectivity index (χ1) is 9.04. The zero-order chi connectivity index (χ0) is 14.7. The maximum absolute atomic E-state index is 11.9. The lowest BCUT2D eigenvalue weighted by Crippen LogP contribution is -2.40. The molecule has 0 saturated heterocycles. The molecule has 0 aliphatic carbocycles. The van der Waals surface area contributed by atoms with Gasteiger partial charge in [-0.25, -0.2) is 0 Å². The minimum atomic E-state index is -0.550. The number of nitrogens with zero attached hydrogens (tertiary/aromatic N) is 1. The molecule has 6 heteroatoms. The molecule has 0 fully saturated rings. The number of carbonyl (C=O) groups excluding carboxylic acids is 3. The molecule has 0 unspecified atom stereocenters. The number of carbonyl (C=O) groups is 3. The van der Waals surface area contributed by atoms with Gasteiger partial charge in [-0.15, -0.1) is 0 Å². The van der Waals surface area contributed by atoms with Crippen LogP contribution >= 0.6 is 0 Å². The minimum absolute atomic E-state index is 0.224. The molecule has 6 nitrogen and oxygen atoms in total. The third-order valence-electron chi connectivity index (χ3n) is 2.69. The van der Waals surface area contributed by atoms with Crippen LogP contribution in [0.3, 0.4) is 0 Å². The predicted octanol–water partition coefficient (Wildman–Crippen LogP) is 1.13. The Bertz CT molecular complexity index is 285. The molecule has 110 valence electrons. The van der Waals surface area contributed by atoms with Crippen molar-refractivity contribution >= 4 is 17.8 Å². The summed E-state index contributed by atoms with van der Waals surface area (Å²) in [6, 6.07) is 0. The summed E-state index contributed by atoms with van der Waals surface area (Å²) in [7, 11) is 2.48. The lowest BCUT2D eigenvalue weighted by atomic mass is 10.1. The normalized spacial score (nSPS) is 9.84. The fourth-order valence-electron chi connectivity index (χ4n) is 1.53. The van der Waals surface area contributed by atoms with Gasteiger partial charge < -0.3 is 14.4 Å². The zero-order valence-electron chi connectivity index (χ0n) is 11.9. The third-order valence-corrected chi connectivity index (χ3v) is 2.69. The number of unbranched alkanes of at least 4 members (excludes halogenated alkanes) is 3. The van der Waals surface area contributed by atoms with E-state index in [0.717, 1.165) is 25.7 Å². The van der Waals surface area contributed by atoms with Crippen LogP contribution in [0, 0.1) is 0 Å². The summed E-state index contributed by atoms with van der Waals surface area (Å²) in [4.78, 5) is 35.5. The molecule has 0 rings (SSSR count). The van der Waals surface area contributed by atoms with Gasteiger partial charge in [-0.3, -0.25) is 14.4 Å². The molecule has 0 radical (unpaired) electrons. The molecular formula is C13H23NO5. The summed E-state index contributed by atoms with van der Waals surface area (Å²) < 4.78 is 9.01. The summed E-state index contributed by atoms with van der Waals surface area (Å²) in [6.07, 6.45) is 4.20. The largest absolute Gasteiger partial charge is 0.468 e. The Morgan fingerprint density at radius 3 is 1.84 bits per heavy atom. The quantitative estimate of drug-likeness (QED) is 0.465. The van der Waals surface area contributed by atoms with E-state index >= 15 is 0 Å². The van der Waals surface area contributed by atoms with Crippen molar-refractivity contribution in [2.24, 2.45) is 0 Å². The minimum Gasteiger partial charge on any atom is -0.468 e. The lowest BCUT2D eigenvalue weighted by molar-refractivity contribution is -0.152. The van der Waals surface area contributed by atoms with Crippen LogP contribution in [0.4, 0.5) is 0 Å². The predicted molar refractivity (Wildman–Crippen MR) is 69.4 cm³/mol. The van der Waals surface area contributed by atoms with Crippen LogP contribution in [0.15, 0.2) is 0 Å². The Balaban J connectivity index is 4.32. The monoisotopic (exact) mass is 273 g/mol. The van der Waals surface area contributed by atoms with E-state index in [4.69, 9.17) is 0 Å². The molecule has 0 bridgehead atoms. The van der Waals surface area contributed by atoms with Gasteiger partial charge in [0.1, 0.15) is 13.1 Å². The Morgan fingerprint density at radius 2 is 1.42 bits per heavy atom. The van der Waals surface area contributed by atoms with Gasteiger partial charge in [0.05, 0.1) is 14.2 Å². The van der Waals surface area contributed by atoms with E-state index in [0.29, 0.717) is 6.42 Å². The molecule has 0 spiro atoms. The van der Waals surface area contributed by atoms with Crippen molar-refractivity contribution in [3.8, 4) is 0 Å². The van der Waals surface area contributed by atoms with Crippen molar-refractivity contribution < 1.29 is 23.9 Å². The second-order valence-electron chi connectivity index (χ2n) is 4.21. The van der Waals surface area contributed by atoms with Crippen LogP contribution < -0.4 is 0 Å². The molecule has 0 aliphatic rings. The molecule has 0 aromatic heterocycles. The van der Waals surface area contributed by atoms with Crippen molar-refractivity contribution in [3.63, 3.8) is 0 Å². The number of hydrogen-bond donors (Lipinski definition) is 0. The second-order valence-corrected chi connectivity index (χ2v) is 4.21. The molecule has 0 aromatic carbocycles. The highest BCUT2D eigenvalue weighted by Crippen LogP contribution is 2.05. The topological polar surface area (TPSA) is 72.9 Å². The first-order valence-electron chi connectivity index (χ1n) is 6.46. The summed E-state index contributed by atoms with van der Waals surface area (Å²) in [5.41, 5.74) is 0. The zero-order valence-corrected chi connectivity index (χ0v) is 11.9. The fourth-order valence-corrected chi connectivity index (χ4v) is 1.53. The van der Waals surface area contributed by atoms with E-state index in [-0.39, 0.29) is 19.0 Å². The van der Waals surface area contributed by atoms with Gasteiger partial charge in [-0.1, -0.05) is 26.2 Å². The summed E-state index contributed by atoms with van der Waals surface area (Å²) >= 11 is 0. The van der Waals surface area contributed by atoms with Gasteiger partial charge in [0, 0.05) is 6.42 Å². The molecule has 0 heterocycles. The molecular weight excluding hydrogens is 250 g/mol. The standard InChI is InChI=1S/C13H23NO5/c1-4-5-6-7-8-11(15)14(9-12(16)18-2)10-13(17)19-3/h4-10H2,1-3H3. The highest BCUT2D eigenvalue weighted by molar-refractivity contribution is 5.85. The maximum Gasteiger partial charge on any atom is 0.325 e. The smallest absolute Gasteiger partial charge is 0.325 e. The van der Waals surface area contributed by atoms with Gasteiger partial charge >= 0.3 is 11.9 Å². The average Bonchev–Trinajstić information content (AvgIpc) is 2.42. The average molecular weight is 273 g/mol. The van der Waals surface area contributed by atoms with Gasteiger partial charge in [-0.05, 0) is 6.42 Å². The van der Waals surface area contributed by atoms with Crippen LogP contribution in [-0.2, 0) is 23.9 Å². The van der Waals surface area contributed by atoms with Crippen LogP contribution in [0.2, 0.25) is 0 Å². The van der Waals surface area contributed by atoms with Crippen molar-refractivity contribution in [1.82, 2.24) is 4.90 Å². The number of amides is 1. The van der Waals surface area contributed by atoms with E-state index < -0.39 is 11.9 Å². The van der Waals surface area contributed by atoms with Gasteiger partial charge in [-0.2, -0.15) is 0 Å². The van der Waals surface area contributed by atoms with Crippen molar-refractivity contribution in [3.05, 3.63) is 0 Å². The highest BCUT2D eigenvalue weighted by Gasteiger charge is 2.20. The molecule has 0 atom stereocenters. The van der Waals surface area contributed by atoms with Crippen LogP contribution in [0.25, 0.3) is 0 Å². The van der Waals surface area contributed by atoms with Gasteiger partial charge in [0.2, 0.25) is 5.91 Å². The summed E-state index contributed by atoms with van der Waals surface area (Å²) in [5.74, 6) is -1.33. The lowest BCUT2D eigenvalue weighted by Gasteiger charge is -2.20. The van der Waals surface area contributed by atoms with Crippen molar-refractivity contribution in [2.75, 3.05) is 27.3 Å². The van der Waals surface area contributed by atoms with E-state index in [1.54, 1.807) is 0 Å². The van der Waals surface area contributed by atoms with E-state index in [1.165, 1.54) is 19.1 Å². The Kier molecular flexibility index (Phi) is 9.48. The molecule has 0 aliphatic heterocycles. The van der Waals surface area contributed by atoms with Crippen molar-refractivity contribution in [2.45, 2.75) is 39.0 Å². The Morgan fingerprint density at radius 1 is 0.895 bits per heavy atom. The fraction of sp³-hybridized carbons (Fsp3) is 0.769. The number of hydrogen-bond acceptors (Lipinski definition) is 5. The molecule has 1 amide bonds. The number of ether oxygens (including phenoxy) is 2. The summed E-state index contributed by atoms with van der Waals surface area (Å²) in [5, 5.41) is 0. The number of rotatable bonds is 9. The number of esters is 2. The van der Waals surface area contributed by atoms with E-state index in [9.17, 15) is 14.4 Å². The van der Waals surface area contributed by atoms with Gasteiger partial charge in [0.25, 0.3) is 0 Å². The summed E-state index contributed by atoms with van der Waals surface area (Å²) in [6.45, 7) is 1.64. The first kappa shape index (κ1) is 17.4.